The van der Waals surface area contributed by atoms with Crippen LogP contribution in [0.2, 0.25) is 0 Å². The maximum absolute atomic E-state index is 12.7. The molecule has 2 aliphatic rings. The van der Waals surface area contributed by atoms with Crippen LogP contribution < -0.4 is 5.32 Å². The smallest absolute Gasteiger partial charge is 0.229 e. The highest BCUT2D eigenvalue weighted by Gasteiger charge is 2.35. The Morgan fingerprint density at radius 2 is 2.04 bits per heavy atom. The summed E-state index contributed by atoms with van der Waals surface area (Å²) in [6, 6.07) is 6.45. The van der Waals surface area contributed by atoms with Crippen molar-refractivity contribution in [2.75, 3.05) is 36.5 Å². The van der Waals surface area contributed by atoms with Gasteiger partial charge in [0.25, 0.3) is 0 Å². The summed E-state index contributed by atoms with van der Waals surface area (Å²) >= 11 is 2.01. The normalized spacial score (nSPS) is 21.5. The maximum atomic E-state index is 12.7. The first-order chi connectivity index (χ1) is 12.4. The van der Waals surface area contributed by atoms with E-state index in [1.807, 2.05) is 32.5 Å². The Labute approximate surface area is 160 Å². The number of nitrogens with one attached hydrogen (secondary N) is 1. The highest BCUT2D eigenvalue weighted by atomic mass is 32.2. The molecule has 5 nitrogen and oxygen atoms in total. The molecule has 26 heavy (non-hydrogen) atoms. The predicted octanol–water partition coefficient (Wildman–Crippen LogP) is 2.74. The second-order valence-electron chi connectivity index (χ2n) is 7.57. The van der Waals surface area contributed by atoms with Crippen molar-refractivity contribution in [3.05, 3.63) is 29.3 Å². The van der Waals surface area contributed by atoms with Gasteiger partial charge < -0.3 is 10.2 Å². The average Bonchev–Trinajstić information content (AvgIpc) is 3.01. The number of thioether (sulfide) groups is 1. The molecule has 0 radical (unpaired) electrons. The van der Waals surface area contributed by atoms with Crippen molar-refractivity contribution in [1.29, 1.82) is 0 Å². The Hall–Kier alpha value is -1.53. The van der Waals surface area contributed by atoms with Crippen LogP contribution in [0.5, 0.6) is 0 Å². The van der Waals surface area contributed by atoms with E-state index in [2.05, 4.69) is 28.4 Å². The molecule has 0 bridgehead atoms. The summed E-state index contributed by atoms with van der Waals surface area (Å²) < 4.78 is 0. The summed E-state index contributed by atoms with van der Waals surface area (Å²) in [5.41, 5.74) is 3.15. The minimum atomic E-state index is -0.257. The quantitative estimate of drug-likeness (QED) is 0.860. The number of hydrogen-bond acceptors (Lipinski definition) is 4. The van der Waals surface area contributed by atoms with Crippen LogP contribution in [0.15, 0.2) is 18.2 Å². The Morgan fingerprint density at radius 1 is 1.31 bits per heavy atom. The van der Waals surface area contributed by atoms with Gasteiger partial charge in [-0.05, 0) is 38.0 Å². The first kappa shape index (κ1) is 19.2. The van der Waals surface area contributed by atoms with Crippen molar-refractivity contribution in [2.45, 2.75) is 39.8 Å². The van der Waals surface area contributed by atoms with Crippen LogP contribution in [0.3, 0.4) is 0 Å². The fraction of sp³-hybridized carbons (Fsp3) is 0.600. The summed E-state index contributed by atoms with van der Waals surface area (Å²) in [5.74, 6) is 2.16. The van der Waals surface area contributed by atoms with Gasteiger partial charge >= 0.3 is 0 Å². The maximum Gasteiger partial charge on any atom is 0.229 e. The van der Waals surface area contributed by atoms with E-state index in [4.69, 9.17) is 0 Å². The highest BCUT2D eigenvalue weighted by molar-refractivity contribution is 7.99. The largest absolute Gasteiger partial charge is 0.339 e. The van der Waals surface area contributed by atoms with Crippen LogP contribution >= 0.6 is 11.8 Å². The third kappa shape index (κ3) is 4.60. The standard InChI is InChI=1S/C20H29N3O2S/c1-14(2)23-13-17(11-19(23)24)20(25)21-18-10-16(5-4-15(18)3)12-22-6-8-26-9-7-22/h4-5,10,14,17H,6-9,11-13H2,1-3H3,(H,21,25). The molecule has 0 saturated carbocycles. The lowest BCUT2D eigenvalue weighted by Gasteiger charge is -2.26. The lowest BCUT2D eigenvalue weighted by atomic mass is 10.1. The van der Waals surface area contributed by atoms with Gasteiger partial charge in [-0.15, -0.1) is 0 Å². The van der Waals surface area contributed by atoms with Crippen LogP contribution in [0.25, 0.3) is 0 Å². The average molecular weight is 376 g/mol. The zero-order valence-corrected chi connectivity index (χ0v) is 16.8. The molecule has 2 amide bonds. The van der Waals surface area contributed by atoms with E-state index in [0.29, 0.717) is 13.0 Å². The number of benzene rings is 1. The second kappa shape index (κ2) is 8.44. The van der Waals surface area contributed by atoms with E-state index in [9.17, 15) is 9.59 Å². The molecule has 2 heterocycles. The Bertz CT molecular complexity index is 671. The number of anilines is 1. The SMILES string of the molecule is Cc1ccc(CN2CCSCC2)cc1NC(=O)C1CC(=O)N(C(C)C)C1. The molecule has 1 unspecified atom stereocenters. The third-order valence-corrected chi connectivity index (χ3v) is 6.16. The van der Waals surface area contributed by atoms with E-state index in [0.717, 1.165) is 30.9 Å². The second-order valence-corrected chi connectivity index (χ2v) is 8.79. The summed E-state index contributed by atoms with van der Waals surface area (Å²) in [6.07, 6.45) is 0.314. The van der Waals surface area contributed by atoms with Crippen LogP contribution in [-0.2, 0) is 16.1 Å². The van der Waals surface area contributed by atoms with Crippen LogP contribution in [0.4, 0.5) is 5.69 Å². The van der Waals surface area contributed by atoms with Gasteiger partial charge in [0.05, 0.1) is 5.92 Å². The number of aryl methyl sites for hydroxylation is 1. The molecule has 1 aromatic carbocycles. The van der Waals surface area contributed by atoms with Gasteiger partial charge in [-0.1, -0.05) is 12.1 Å². The topological polar surface area (TPSA) is 52.7 Å². The molecule has 0 aliphatic carbocycles. The predicted molar refractivity (Wildman–Crippen MR) is 107 cm³/mol. The number of nitrogens with zero attached hydrogens (tertiary/aromatic N) is 2. The van der Waals surface area contributed by atoms with E-state index in [1.165, 1.54) is 17.1 Å². The number of carbonyl (C=O) groups is 2. The molecule has 2 saturated heterocycles. The molecule has 1 N–H and O–H groups in total. The zero-order chi connectivity index (χ0) is 18.7. The van der Waals surface area contributed by atoms with Crippen LogP contribution in [0, 0.1) is 12.8 Å². The molecule has 0 aromatic heterocycles. The van der Waals surface area contributed by atoms with Crippen molar-refractivity contribution < 1.29 is 9.59 Å². The molecule has 0 spiro atoms. The summed E-state index contributed by atoms with van der Waals surface area (Å²) in [7, 11) is 0. The lowest BCUT2D eigenvalue weighted by molar-refractivity contribution is -0.129. The molecule has 1 aromatic rings. The van der Waals surface area contributed by atoms with Gasteiger partial charge in [0.2, 0.25) is 11.8 Å². The van der Waals surface area contributed by atoms with Crippen LogP contribution in [0.1, 0.15) is 31.4 Å². The Balaban J connectivity index is 1.64. The first-order valence-corrected chi connectivity index (χ1v) is 10.6. The fourth-order valence-corrected chi connectivity index (χ4v) is 4.54. The summed E-state index contributed by atoms with van der Waals surface area (Å²) in [5, 5.41) is 3.07. The molecule has 142 valence electrons. The number of carbonyl (C=O) groups excluding carboxylic acids is 2. The van der Waals surface area contributed by atoms with E-state index in [1.54, 1.807) is 4.90 Å². The Kier molecular flexibility index (Phi) is 6.24. The zero-order valence-electron chi connectivity index (χ0n) is 16.0. The minimum Gasteiger partial charge on any atom is -0.339 e. The lowest BCUT2D eigenvalue weighted by Crippen LogP contribution is -2.33. The van der Waals surface area contributed by atoms with Crippen molar-refractivity contribution in [3.63, 3.8) is 0 Å². The number of likely N-dealkylation sites (tertiary alicyclic amines) is 1. The van der Waals surface area contributed by atoms with Gasteiger partial charge in [0, 0.05) is 55.8 Å². The summed E-state index contributed by atoms with van der Waals surface area (Å²) in [6.45, 7) is 9.68. The molecular weight excluding hydrogens is 346 g/mol. The van der Waals surface area contributed by atoms with Crippen molar-refractivity contribution in [2.24, 2.45) is 5.92 Å². The molecule has 6 heteroatoms. The molecule has 3 rings (SSSR count). The molecule has 1 atom stereocenters. The monoisotopic (exact) mass is 375 g/mol. The molecule has 2 aliphatic heterocycles. The van der Waals surface area contributed by atoms with Crippen molar-refractivity contribution >= 4 is 29.3 Å². The van der Waals surface area contributed by atoms with E-state index in [-0.39, 0.29) is 23.8 Å². The molecular formula is C20H29N3O2S. The van der Waals surface area contributed by atoms with Gasteiger partial charge in [-0.3, -0.25) is 14.5 Å². The third-order valence-electron chi connectivity index (χ3n) is 5.22. The number of hydrogen-bond donors (Lipinski definition) is 1. The van der Waals surface area contributed by atoms with Gasteiger partial charge in [0.15, 0.2) is 0 Å². The van der Waals surface area contributed by atoms with E-state index >= 15 is 0 Å². The Morgan fingerprint density at radius 3 is 2.69 bits per heavy atom. The minimum absolute atomic E-state index is 0.0453. The fourth-order valence-electron chi connectivity index (χ4n) is 3.56. The van der Waals surface area contributed by atoms with Gasteiger partial charge in [-0.25, -0.2) is 0 Å². The van der Waals surface area contributed by atoms with Gasteiger partial charge in [-0.2, -0.15) is 11.8 Å². The van der Waals surface area contributed by atoms with Crippen molar-refractivity contribution in [3.8, 4) is 0 Å². The number of rotatable bonds is 5. The molecule has 2 fully saturated rings. The first-order valence-electron chi connectivity index (χ1n) is 9.44. The highest BCUT2D eigenvalue weighted by Crippen LogP contribution is 2.24. The van der Waals surface area contributed by atoms with E-state index < -0.39 is 0 Å². The van der Waals surface area contributed by atoms with Crippen molar-refractivity contribution in [1.82, 2.24) is 9.80 Å². The number of amides is 2. The summed E-state index contributed by atoms with van der Waals surface area (Å²) in [4.78, 5) is 29.0. The van der Waals surface area contributed by atoms with Crippen LogP contribution in [-0.4, -0.2) is 58.8 Å². The van der Waals surface area contributed by atoms with Gasteiger partial charge in [0.1, 0.15) is 0 Å².